The molecule has 2 atom stereocenters. The summed E-state index contributed by atoms with van der Waals surface area (Å²) in [5, 5.41) is 11.7. The summed E-state index contributed by atoms with van der Waals surface area (Å²) in [5.41, 5.74) is 2.31. The smallest absolute Gasteiger partial charge is 0.148 e. The van der Waals surface area contributed by atoms with E-state index in [0.29, 0.717) is 6.04 Å². The fourth-order valence-corrected chi connectivity index (χ4v) is 3.09. The molecule has 0 spiro atoms. The predicted molar refractivity (Wildman–Crippen MR) is 65.8 cm³/mol. The molecule has 0 bridgehead atoms. The first-order valence-electron chi connectivity index (χ1n) is 6.29. The first-order chi connectivity index (χ1) is 7.75. The average molecular weight is 220 g/mol. The summed E-state index contributed by atoms with van der Waals surface area (Å²) in [6.07, 6.45) is 5.40. The highest BCUT2D eigenvalue weighted by molar-refractivity contribution is 5.69. The Bertz CT molecular complexity index is 396. The standard InChI is InChI=1S/C12H20N4/c1-8-11-12(16(2)15-8)14-10-6-4-3-5-9(10)7-13-11/h9-10,13-14H,3-7H2,1-2H3. The maximum atomic E-state index is 4.46. The molecule has 1 aromatic heterocycles. The molecule has 1 aliphatic carbocycles. The van der Waals surface area contributed by atoms with E-state index in [9.17, 15) is 0 Å². The number of aromatic nitrogens is 2. The van der Waals surface area contributed by atoms with E-state index in [-0.39, 0.29) is 0 Å². The number of aryl methyl sites for hydroxylation is 2. The second-order valence-electron chi connectivity index (χ2n) is 5.11. The molecule has 1 saturated carbocycles. The van der Waals surface area contributed by atoms with Crippen molar-refractivity contribution in [2.24, 2.45) is 13.0 Å². The van der Waals surface area contributed by atoms with Crippen LogP contribution in [-0.2, 0) is 7.05 Å². The van der Waals surface area contributed by atoms with Gasteiger partial charge in [-0.2, -0.15) is 5.10 Å². The molecule has 1 aromatic rings. The van der Waals surface area contributed by atoms with Gasteiger partial charge in [0.25, 0.3) is 0 Å². The van der Waals surface area contributed by atoms with Gasteiger partial charge in [0.15, 0.2) is 0 Å². The molecule has 88 valence electrons. The molecule has 1 aliphatic heterocycles. The van der Waals surface area contributed by atoms with Crippen LogP contribution < -0.4 is 10.6 Å². The molecule has 16 heavy (non-hydrogen) atoms. The molecule has 0 saturated heterocycles. The van der Waals surface area contributed by atoms with E-state index in [4.69, 9.17) is 0 Å². The van der Waals surface area contributed by atoms with Crippen LogP contribution in [0.3, 0.4) is 0 Å². The van der Waals surface area contributed by atoms with Crippen LogP contribution in [0.5, 0.6) is 0 Å². The minimum absolute atomic E-state index is 0.636. The van der Waals surface area contributed by atoms with E-state index < -0.39 is 0 Å². The third kappa shape index (κ3) is 1.47. The van der Waals surface area contributed by atoms with Crippen molar-refractivity contribution in [2.45, 2.75) is 38.6 Å². The van der Waals surface area contributed by atoms with E-state index in [2.05, 4.69) is 22.7 Å². The maximum absolute atomic E-state index is 4.46. The Labute approximate surface area is 96.4 Å². The summed E-state index contributed by atoms with van der Waals surface area (Å²) in [4.78, 5) is 0. The molecular formula is C12H20N4. The Morgan fingerprint density at radius 1 is 1.31 bits per heavy atom. The van der Waals surface area contributed by atoms with Gasteiger partial charge in [-0.15, -0.1) is 0 Å². The summed E-state index contributed by atoms with van der Waals surface area (Å²) in [5.74, 6) is 1.95. The van der Waals surface area contributed by atoms with Crippen LogP contribution in [-0.4, -0.2) is 22.4 Å². The summed E-state index contributed by atoms with van der Waals surface area (Å²) in [6, 6.07) is 0.636. The highest BCUT2D eigenvalue weighted by Crippen LogP contribution is 2.34. The number of hydrogen-bond donors (Lipinski definition) is 2. The normalized spacial score (nSPS) is 28.4. The number of hydrogen-bond acceptors (Lipinski definition) is 3. The van der Waals surface area contributed by atoms with E-state index in [1.165, 1.54) is 37.2 Å². The van der Waals surface area contributed by atoms with Gasteiger partial charge >= 0.3 is 0 Å². The lowest BCUT2D eigenvalue weighted by molar-refractivity contribution is 0.340. The molecule has 4 heteroatoms. The zero-order chi connectivity index (χ0) is 11.1. The fraction of sp³-hybridized carbons (Fsp3) is 0.750. The van der Waals surface area contributed by atoms with E-state index in [1.54, 1.807) is 0 Å². The fourth-order valence-electron chi connectivity index (χ4n) is 3.09. The lowest BCUT2D eigenvalue weighted by atomic mass is 9.85. The minimum atomic E-state index is 0.636. The highest BCUT2D eigenvalue weighted by atomic mass is 15.3. The van der Waals surface area contributed by atoms with Gasteiger partial charge in [0, 0.05) is 19.6 Å². The molecule has 2 unspecified atom stereocenters. The molecule has 2 heterocycles. The topological polar surface area (TPSA) is 41.9 Å². The quantitative estimate of drug-likeness (QED) is 0.703. The third-order valence-corrected chi connectivity index (χ3v) is 3.99. The second kappa shape index (κ2) is 3.68. The van der Waals surface area contributed by atoms with Crippen molar-refractivity contribution >= 4 is 11.5 Å². The van der Waals surface area contributed by atoms with Gasteiger partial charge in [-0.3, -0.25) is 4.68 Å². The van der Waals surface area contributed by atoms with Crippen LogP contribution in [0.15, 0.2) is 0 Å². The van der Waals surface area contributed by atoms with Gasteiger partial charge < -0.3 is 10.6 Å². The third-order valence-electron chi connectivity index (χ3n) is 3.99. The molecule has 0 amide bonds. The van der Waals surface area contributed by atoms with E-state index in [1.807, 2.05) is 11.7 Å². The summed E-state index contributed by atoms with van der Waals surface area (Å²) in [6.45, 7) is 3.17. The Morgan fingerprint density at radius 3 is 3.00 bits per heavy atom. The van der Waals surface area contributed by atoms with Gasteiger partial charge in [-0.25, -0.2) is 0 Å². The zero-order valence-electron chi connectivity index (χ0n) is 10.1. The van der Waals surface area contributed by atoms with Gasteiger partial charge in [-0.05, 0) is 25.7 Å². The van der Waals surface area contributed by atoms with Crippen molar-refractivity contribution in [1.82, 2.24) is 9.78 Å². The highest BCUT2D eigenvalue weighted by Gasteiger charge is 2.30. The second-order valence-corrected chi connectivity index (χ2v) is 5.11. The van der Waals surface area contributed by atoms with Gasteiger partial charge in [0.2, 0.25) is 0 Å². The maximum Gasteiger partial charge on any atom is 0.148 e. The summed E-state index contributed by atoms with van der Waals surface area (Å²) >= 11 is 0. The monoisotopic (exact) mass is 220 g/mol. The number of rotatable bonds is 0. The Kier molecular flexibility index (Phi) is 2.30. The molecule has 2 aliphatic rings. The number of anilines is 2. The molecule has 0 radical (unpaired) electrons. The summed E-state index contributed by atoms with van der Waals surface area (Å²) in [7, 11) is 2.02. The molecule has 1 fully saturated rings. The largest absolute Gasteiger partial charge is 0.380 e. The first kappa shape index (κ1) is 10.00. The minimum Gasteiger partial charge on any atom is -0.380 e. The Balaban J connectivity index is 1.93. The SMILES string of the molecule is Cc1nn(C)c2c1NCC1CCCCC1N2. The van der Waals surface area contributed by atoms with Crippen LogP contribution in [0.4, 0.5) is 11.5 Å². The van der Waals surface area contributed by atoms with Gasteiger partial charge in [-0.1, -0.05) is 12.8 Å². The molecule has 3 rings (SSSR count). The molecular weight excluding hydrogens is 200 g/mol. The first-order valence-corrected chi connectivity index (χ1v) is 6.29. The lowest BCUT2D eigenvalue weighted by Gasteiger charge is -2.30. The van der Waals surface area contributed by atoms with Crippen molar-refractivity contribution in [3.63, 3.8) is 0 Å². The zero-order valence-corrected chi connectivity index (χ0v) is 10.1. The predicted octanol–water partition coefficient (Wildman–Crippen LogP) is 2.12. The Morgan fingerprint density at radius 2 is 2.12 bits per heavy atom. The number of fused-ring (bicyclic) bond motifs is 2. The average Bonchev–Trinajstić information content (AvgIpc) is 2.49. The van der Waals surface area contributed by atoms with Crippen molar-refractivity contribution < 1.29 is 0 Å². The van der Waals surface area contributed by atoms with Crippen LogP contribution >= 0.6 is 0 Å². The van der Waals surface area contributed by atoms with Crippen molar-refractivity contribution in [3.05, 3.63) is 5.69 Å². The lowest BCUT2D eigenvalue weighted by Crippen LogP contribution is -2.34. The van der Waals surface area contributed by atoms with Crippen molar-refractivity contribution in [3.8, 4) is 0 Å². The Hall–Kier alpha value is -1.19. The molecule has 4 nitrogen and oxygen atoms in total. The van der Waals surface area contributed by atoms with E-state index >= 15 is 0 Å². The summed E-state index contributed by atoms with van der Waals surface area (Å²) < 4.78 is 1.97. The van der Waals surface area contributed by atoms with Crippen molar-refractivity contribution in [1.29, 1.82) is 0 Å². The molecule has 2 N–H and O–H groups in total. The van der Waals surface area contributed by atoms with Crippen LogP contribution in [0.2, 0.25) is 0 Å². The van der Waals surface area contributed by atoms with Crippen LogP contribution in [0.1, 0.15) is 31.4 Å². The van der Waals surface area contributed by atoms with Crippen molar-refractivity contribution in [2.75, 3.05) is 17.2 Å². The van der Waals surface area contributed by atoms with E-state index in [0.717, 1.165) is 18.2 Å². The van der Waals surface area contributed by atoms with Crippen LogP contribution in [0.25, 0.3) is 0 Å². The van der Waals surface area contributed by atoms with Crippen LogP contribution in [0, 0.1) is 12.8 Å². The number of nitrogens with one attached hydrogen (secondary N) is 2. The molecule has 0 aromatic carbocycles. The number of nitrogens with zero attached hydrogens (tertiary/aromatic N) is 2. The van der Waals surface area contributed by atoms with Gasteiger partial charge in [0.05, 0.1) is 5.69 Å². The van der Waals surface area contributed by atoms with Gasteiger partial charge in [0.1, 0.15) is 11.5 Å².